The number of ether oxygens (including phenoxy) is 1. The molecule has 0 aromatic heterocycles. The summed E-state index contributed by atoms with van der Waals surface area (Å²) >= 11 is 0. The summed E-state index contributed by atoms with van der Waals surface area (Å²) in [5, 5.41) is 9.50. The van der Waals surface area contributed by atoms with Crippen LogP contribution in [0.25, 0.3) is 0 Å². The van der Waals surface area contributed by atoms with Crippen molar-refractivity contribution in [2.24, 2.45) is 0 Å². The second-order valence-electron chi connectivity index (χ2n) is 7.38. The van der Waals surface area contributed by atoms with Crippen LogP contribution in [-0.2, 0) is 19.3 Å². The molecular formula is C22H27F3N2O2. The lowest BCUT2D eigenvalue weighted by atomic mass is 10.0. The smallest absolute Gasteiger partial charge is 0.416 e. The van der Waals surface area contributed by atoms with E-state index in [2.05, 4.69) is 4.90 Å². The third kappa shape index (κ3) is 5.72. The summed E-state index contributed by atoms with van der Waals surface area (Å²) in [5.74, 6) is 0.795. The molecular weight excluding hydrogens is 381 g/mol. The molecule has 0 radical (unpaired) electrons. The number of aliphatic hydroxyl groups is 1. The fourth-order valence-corrected chi connectivity index (χ4v) is 3.91. The molecule has 1 heterocycles. The van der Waals surface area contributed by atoms with Gasteiger partial charge in [0.1, 0.15) is 5.75 Å². The van der Waals surface area contributed by atoms with Gasteiger partial charge in [-0.15, -0.1) is 0 Å². The highest BCUT2D eigenvalue weighted by atomic mass is 19.4. The van der Waals surface area contributed by atoms with Crippen molar-refractivity contribution in [1.82, 2.24) is 9.80 Å². The van der Waals surface area contributed by atoms with Gasteiger partial charge in [-0.1, -0.05) is 30.3 Å². The van der Waals surface area contributed by atoms with Crippen LogP contribution in [-0.4, -0.2) is 54.3 Å². The van der Waals surface area contributed by atoms with E-state index in [1.165, 1.54) is 6.07 Å². The van der Waals surface area contributed by atoms with E-state index in [1.807, 2.05) is 29.2 Å². The van der Waals surface area contributed by atoms with E-state index in [9.17, 15) is 18.3 Å². The van der Waals surface area contributed by atoms with E-state index in [0.717, 1.165) is 30.5 Å². The lowest BCUT2D eigenvalue weighted by Gasteiger charge is -2.41. The zero-order valence-corrected chi connectivity index (χ0v) is 16.5. The zero-order valence-electron chi connectivity index (χ0n) is 16.5. The highest BCUT2D eigenvalue weighted by Crippen LogP contribution is 2.32. The predicted octanol–water partition coefficient (Wildman–Crippen LogP) is 3.78. The fourth-order valence-electron chi connectivity index (χ4n) is 3.91. The average molecular weight is 408 g/mol. The number of alkyl halides is 3. The van der Waals surface area contributed by atoms with Crippen molar-refractivity contribution in [3.63, 3.8) is 0 Å². The van der Waals surface area contributed by atoms with E-state index in [-0.39, 0.29) is 19.2 Å². The molecule has 1 aliphatic rings. The molecule has 1 fully saturated rings. The first-order chi connectivity index (χ1) is 13.9. The maximum Gasteiger partial charge on any atom is 0.416 e. The van der Waals surface area contributed by atoms with E-state index < -0.39 is 11.7 Å². The van der Waals surface area contributed by atoms with E-state index in [4.69, 9.17) is 4.74 Å². The maximum absolute atomic E-state index is 13.3. The van der Waals surface area contributed by atoms with Crippen molar-refractivity contribution in [2.45, 2.75) is 31.7 Å². The minimum Gasteiger partial charge on any atom is -0.497 e. The molecule has 1 aliphatic heterocycles. The van der Waals surface area contributed by atoms with Gasteiger partial charge in [0.05, 0.1) is 12.7 Å². The van der Waals surface area contributed by atoms with Gasteiger partial charge in [0.2, 0.25) is 0 Å². The van der Waals surface area contributed by atoms with Crippen molar-refractivity contribution in [2.75, 3.05) is 33.4 Å². The van der Waals surface area contributed by atoms with Crippen LogP contribution in [0, 0.1) is 0 Å². The molecule has 0 bridgehead atoms. The Morgan fingerprint density at radius 3 is 2.59 bits per heavy atom. The topological polar surface area (TPSA) is 35.9 Å². The highest BCUT2D eigenvalue weighted by Gasteiger charge is 2.34. The van der Waals surface area contributed by atoms with Gasteiger partial charge in [-0.2, -0.15) is 13.2 Å². The molecule has 7 heteroatoms. The molecule has 0 spiro atoms. The maximum atomic E-state index is 13.3. The average Bonchev–Trinajstić information content (AvgIpc) is 2.70. The molecule has 1 saturated heterocycles. The molecule has 0 unspecified atom stereocenters. The van der Waals surface area contributed by atoms with Gasteiger partial charge in [0, 0.05) is 45.4 Å². The van der Waals surface area contributed by atoms with Crippen LogP contribution in [0.15, 0.2) is 48.5 Å². The molecule has 0 amide bonds. The summed E-state index contributed by atoms with van der Waals surface area (Å²) in [5.41, 5.74) is 0.838. The van der Waals surface area contributed by atoms with Crippen LogP contribution in [0.2, 0.25) is 0 Å². The van der Waals surface area contributed by atoms with Gasteiger partial charge in [0.25, 0.3) is 0 Å². The zero-order chi connectivity index (χ0) is 20.9. The summed E-state index contributed by atoms with van der Waals surface area (Å²) in [6, 6.07) is 13.7. The predicted molar refractivity (Wildman–Crippen MR) is 106 cm³/mol. The van der Waals surface area contributed by atoms with Crippen LogP contribution in [0.3, 0.4) is 0 Å². The number of halogens is 3. The third-order valence-electron chi connectivity index (χ3n) is 5.39. The molecule has 158 valence electrons. The van der Waals surface area contributed by atoms with Crippen LogP contribution in [0.4, 0.5) is 13.2 Å². The van der Waals surface area contributed by atoms with Crippen molar-refractivity contribution < 1.29 is 23.0 Å². The molecule has 4 nitrogen and oxygen atoms in total. The Morgan fingerprint density at radius 2 is 1.86 bits per heavy atom. The molecule has 0 saturated carbocycles. The minimum absolute atomic E-state index is 0.0479. The van der Waals surface area contributed by atoms with Crippen LogP contribution >= 0.6 is 0 Å². The van der Waals surface area contributed by atoms with Gasteiger partial charge in [-0.3, -0.25) is 9.80 Å². The number of hydrogen-bond acceptors (Lipinski definition) is 4. The number of methoxy groups -OCH3 is 1. The lowest BCUT2D eigenvalue weighted by molar-refractivity contribution is -0.138. The van der Waals surface area contributed by atoms with Crippen LogP contribution < -0.4 is 4.74 Å². The van der Waals surface area contributed by atoms with Crippen LogP contribution in [0.5, 0.6) is 5.75 Å². The highest BCUT2D eigenvalue weighted by molar-refractivity contribution is 5.30. The van der Waals surface area contributed by atoms with Gasteiger partial charge in [-0.25, -0.2) is 0 Å². The Labute approximate surface area is 169 Å². The molecule has 2 aromatic rings. The van der Waals surface area contributed by atoms with Gasteiger partial charge < -0.3 is 9.84 Å². The first kappa shape index (κ1) is 21.6. The number of aliphatic hydroxyl groups excluding tert-OH is 1. The summed E-state index contributed by atoms with van der Waals surface area (Å²) in [4.78, 5) is 4.34. The molecule has 1 atom stereocenters. The summed E-state index contributed by atoms with van der Waals surface area (Å²) < 4.78 is 45.2. The second-order valence-corrected chi connectivity index (χ2v) is 7.38. The largest absolute Gasteiger partial charge is 0.497 e. The normalized spacial score (nSPS) is 18.7. The molecule has 3 rings (SSSR count). The van der Waals surface area contributed by atoms with E-state index in [1.54, 1.807) is 19.2 Å². The Morgan fingerprint density at radius 1 is 1.07 bits per heavy atom. The first-order valence-corrected chi connectivity index (χ1v) is 9.76. The monoisotopic (exact) mass is 408 g/mol. The molecule has 1 N–H and O–H groups in total. The standard InChI is InChI=1S/C22H27F3N2O2/c1-29-20-7-4-5-17(13-20)14-27-11-10-26(16-19(27)9-12-28)15-18-6-2-3-8-21(18)22(23,24)25/h2-8,13,19,28H,9-12,14-16H2,1H3/t19-/m1/s1. The molecule has 2 aromatic carbocycles. The van der Waals surface area contributed by atoms with Gasteiger partial charge in [0.15, 0.2) is 0 Å². The Balaban J connectivity index is 1.69. The Hall–Kier alpha value is -2.09. The third-order valence-corrected chi connectivity index (χ3v) is 5.39. The lowest BCUT2D eigenvalue weighted by Crippen LogP contribution is -2.52. The van der Waals surface area contributed by atoms with Crippen molar-refractivity contribution in [3.8, 4) is 5.75 Å². The molecule has 0 aliphatic carbocycles. The van der Waals surface area contributed by atoms with Crippen molar-refractivity contribution >= 4 is 0 Å². The first-order valence-electron chi connectivity index (χ1n) is 9.76. The number of rotatable bonds is 7. The minimum atomic E-state index is -4.35. The van der Waals surface area contributed by atoms with Gasteiger partial charge >= 0.3 is 6.18 Å². The second kappa shape index (κ2) is 9.61. The number of hydrogen-bond donors (Lipinski definition) is 1. The van der Waals surface area contributed by atoms with Crippen molar-refractivity contribution in [3.05, 3.63) is 65.2 Å². The van der Waals surface area contributed by atoms with Gasteiger partial charge in [-0.05, 0) is 35.7 Å². The van der Waals surface area contributed by atoms with Crippen LogP contribution in [0.1, 0.15) is 23.1 Å². The Bertz CT molecular complexity index is 798. The Kier molecular flexibility index (Phi) is 7.16. The van der Waals surface area contributed by atoms with E-state index in [0.29, 0.717) is 25.1 Å². The van der Waals surface area contributed by atoms with E-state index >= 15 is 0 Å². The SMILES string of the molecule is COc1cccc(CN2CCN(Cc3ccccc3C(F)(F)F)C[C@H]2CCO)c1. The number of benzene rings is 2. The quantitative estimate of drug-likeness (QED) is 0.757. The number of nitrogens with zero attached hydrogens (tertiary/aromatic N) is 2. The fraction of sp³-hybridized carbons (Fsp3) is 0.455. The summed E-state index contributed by atoms with van der Waals surface area (Å²) in [6.45, 7) is 3.05. The summed E-state index contributed by atoms with van der Waals surface area (Å²) in [7, 11) is 1.63. The molecule has 29 heavy (non-hydrogen) atoms. The summed E-state index contributed by atoms with van der Waals surface area (Å²) in [6.07, 6.45) is -3.77. The van der Waals surface area contributed by atoms with Crippen molar-refractivity contribution in [1.29, 1.82) is 0 Å². The number of piperazine rings is 1.